The maximum atomic E-state index is 13.0. The molecule has 19 heavy (non-hydrogen) atoms. The second-order valence-corrected chi connectivity index (χ2v) is 6.51. The molecule has 0 aliphatic carbocycles. The summed E-state index contributed by atoms with van der Waals surface area (Å²) in [5, 5.41) is 0. The van der Waals surface area contributed by atoms with Gasteiger partial charge in [-0.3, -0.25) is 0 Å². The van der Waals surface area contributed by atoms with Crippen LogP contribution >= 0.6 is 12.2 Å². The van der Waals surface area contributed by atoms with E-state index < -0.39 is 15.8 Å². The van der Waals surface area contributed by atoms with E-state index in [9.17, 15) is 12.8 Å². The van der Waals surface area contributed by atoms with E-state index in [2.05, 4.69) is 4.72 Å². The number of sulfonamides is 1. The van der Waals surface area contributed by atoms with Crippen LogP contribution in [0, 0.1) is 12.7 Å². The Balaban J connectivity index is 3.00. The number of benzene rings is 1. The number of aryl methyl sites for hydroxylation is 1. The highest BCUT2D eigenvalue weighted by Gasteiger charge is 2.21. The van der Waals surface area contributed by atoms with Crippen LogP contribution in [0.2, 0.25) is 0 Å². The molecule has 3 N–H and O–H groups in total. The first kappa shape index (κ1) is 16.0. The Kier molecular flexibility index (Phi) is 5.39. The van der Waals surface area contributed by atoms with Gasteiger partial charge in [0.05, 0.1) is 9.88 Å². The third-order valence-corrected chi connectivity index (χ3v) is 4.54. The molecular weight excluding hydrogens is 287 g/mol. The van der Waals surface area contributed by atoms with Gasteiger partial charge >= 0.3 is 0 Å². The van der Waals surface area contributed by atoms with Crippen LogP contribution in [0.3, 0.4) is 0 Å². The van der Waals surface area contributed by atoms with Gasteiger partial charge in [0.2, 0.25) is 10.0 Å². The third-order valence-electron chi connectivity index (χ3n) is 2.69. The molecule has 0 spiro atoms. The molecule has 1 aromatic carbocycles. The highest BCUT2D eigenvalue weighted by Crippen LogP contribution is 2.17. The van der Waals surface area contributed by atoms with Gasteiger partial charge in [-0.15, -0.1) is 0 Å². The van der Waals surface area contributed by atoms with Crippen molar-refractivity contribution in [3.05, 3.63) is 29.6 Å². The van der Waals surface area contributed by atoms with Gasteiger partial charge < -0.3 is 5.73 Å². The summed E-state index contributed by atoms with van der Waals surface area (Å²) in [6, 6.07) is 3.20. The topological polar surface area (TPSA) is 72.2 Å². The van der Waals surface area contributed by atoms with Crippen LogP contribution in [0.5, 0.6) is 0 Å². The summed E-state index contributed by atoms with van der Waals surface area (Å²) in [6.45, 7) is 3.38. The molecule has 1 unspecified atom stereocenters. The summed E-state index contributed by atoms with van der Waals surface area (Å²) in [5.41, 5.74) is 5.78. The number of nitrogens with two attached hydrogens (primary N) is 1. The monoisotopic (exact) mass is 304 g/mol. The van der Waals surface area contributed by atoms with Gasteiger partial charge in [0.15, 0.2) is 0 Å². The van der Waals surface area contributed by atoms with Crippen LogP contribution in [-0.4, -0.2) is 19.4 Å². The molecular formula is C12H17FN2O2S2. The Morgan fingerprint density at radius 3 is 2.63 bits per heavy atom. The number of hydrogen-bond donors (Lipinski definition) is 2. The first-order chi connectivity index (χ1) is 8.76. The molecule has 0 aliphatic rings. The molecule has 106 valence electrons. The van der Waals surface area contributed by atoms with Gasteiger partial charge in [-0.05, 0) is 37.1 Å². The minimum atomic E-state index is -3.70. The molecule has 0 aliphatic heterocycles. The number of rotatable bonds is 6. The van der Waals surface area contributed by atoms with Crippen molar-refractivity contribution in [2.45, 2.75) is 37.6 Å². The Labute approximate surface area is 118 Å². The quantitative estimate of drug-likeness (QED) is 0.787. The van der Waals surface area contributed by atoms with Crippen LogP contribution in [0.25, 0.3) is 0 Å². The van der Waals surface area contributed by atoms with Crippen LogP contribution < -0.4 is 10.5 Å². The van der Waals surface area contributed by atoms with Crippen LogP contribution in [0.15, 0.2) is 23.1 Å². The molecule has 4 nitrogen and oxygen atoms in total. The molecule has 0 saturated carbocycles. The van der Waals surface area contributed by atoms with Gasteiger partial charge in [-0.2, -0.15) is 0 Å². The summed E-state index contributed by atoms with van der Waals surface area (Å²) in [4.78, 5) is 0.320. The van der Waals surface area contributed by atoms with Crippen molar-refractivity contribution in [1.29, 1.82) is 0 Å². The third kappa shape index (κ3) is 4.52. The maximum Gasteiger partial charge on any atom is 0.241 e. The Hall–Kier alpha value is -1.05. The van der Waals surface area contributed by atoms with Crippen molar-refractivity contribution in [2.75, 3.05) is 0 Å². The fraction of sp³-hybridized carbons (Fsp3) is 0.417. The molecule has 1 rings (SSSR count). The second-order valence-electron chi connectivity index (χ2n) is 4.31. The van der Waals surface area contributed by atoms with Gasteiger partial charge in [-0.25, -0.2) is 17.5 Å². The van der Waals surface area contributed by atoms with Gasteiger partial charge in [0.25, 0.3) is 0 Å². The normalized spacial score (nSPS) is 13.2. The lowest BCUT2D eigenvalue weighted by Gasteiger charge is -2.17. The zero-order chi connectivity index (χ0) is 14.6. The van der Waals surface area contributed by atoms with Gasteiger partial charge in [-0.1, -0.05) is 19.1 Å². The Morgan fingerprint density at radius 1 is 1.53 bits per heavy atom. The molecule has 7 heteroatoms. The highest BCUT2D eigenvalue weighted by molar-refractivity contribution is 7.89. The molecule has 0 amide bonds. The summed E-state index contributed by atoms with van der Waals surface area (Å²) in [5.74, 6) is -0.466. The van der Waals surface area contributed by atoms with Crippen molar-refractivity contribution < 1.29 is 12.8 Å². The standard InChI is InChI=1S/C12H17FN2O2S2/c1-3-10(7-12(14)18)15-19(16,17)11-5-4-9(13)6-8(11)2/h4-6,10,15H,3,7H2,1-2H3,(H2,14,18). The van der Waals surface area contributed by atoms with Crippen molar-refractivity contribution in [2.24, 2.45) is 5.73 Å². The number of hydrogen-bond acceptors (Lipinski definition) is 3. The fourth-order valence-electron chi connectivity index (χ4n) is 1.71. The molecule has 0 bridgehead atoms. The molecule has 1 atom stereocenters. The van der Waals surface area contributed by atoms with Crippen molar-refractivity contribution in [3.8, 4) is 0 Å². The maximum absolute atomic E-state index is 13.0. The van der Waals surface area contributed by atoms with E-state index in [1.165, 1.54) is 12.1 Å². The van der Waals surface area contributed by atoms with Crippen molar-refractivity contribution >= 4 is 27.2 Å². The van der Waals surface area contributed by atoms with E-state index in [4.69, 9.17) is 18.0 Å². The van der Waals surface area contributed by atoms with E-state index in [1.54, 1.807) is 6.92 Å². The summed E-state index contributed by atoms with van der Waals surface area (Å²) in [7, 11) is -3.70. The zero-order valence-corrected chi connectivity index (χ0v) is 12.4. The fourth-order valence-corrected chi connectivity index (χ4v) is 3.46. The summed E-state index contributed by atoms with van der Waals surface area (Å²) < 4.78 is 39.9. The SMILES string of the molecule is CCC(CC(N)=S)NS(=O)(=O)c1ccc(F)cc1C. The minimum absolute atomic E-state index is 0.0651. The highest BCUT2D eigenvalue weighted by atomic mass is 32.2. The lowest BCUT2D eigenvalue weighted by Crippen LogP contribution is -2.37. The van der Waals surface area contributed by atoms with E-state index in [0.717, 1.165) is 6.07 Å². The van der Waals surface area contributed by atoms with Gasteiger partial charge in [0.1, 0.15) is 5.82 Å². The van der Waals surface area contributed by atoms with Crippen molar-refractivity contribution in [1.82, 2.24) is 4.72 Å². The lowest BCUT2D eigenvalue weighted by atomic mass is 10.2. The summed E-state index contributed by atoms with van der Waals surface area (Å²) >= 11 is 4.78. The van der Waals surface area contributed by atoms with E-state index in [-0.39, 0.29) is 15.9 Å². The molecule has 1 aromatic rings. The minimum Gasteiger partial charge on any atom is -0.393 e. The van der Waals surface area contributed by atoms with Gasteiger partial charge in [0, 0.05) is 12.5 Å². The molecule has 0 aromatic heterocycles. The van der Waals surface area contributed by atoms with E-state index in [1.807, 2.05) is 6.92 Å². The predicted octanol–water partition coefficient (Wildman–Crippen LogP) is 1.87. The average molecular weight is 304 g/mol. The molecule has 0 radical (unpaired) electrons. The Bertz CT molecular complexity index is 573. The van der Waals surface area contributed by atoms with Crippen LogP contribution in [0.4, 0.5) is 4.39 Å². The number of halogens is 1. The van der Waals surface area contributed by atoms with Crippen LogP contribution in [-0.2, 0) is 10.0 Å². The van der Waals surface area contributed by atoms with Crippen molar-refractivity contribution in [3.63, 3.8) is 0 Å². The zero-order valence-electron chi connectivity index (χ0n) is 10.8. The number of thiocarbonyl (C=S) groups is 1. The molecule has 0 heterocycles. The van der Waals surface area contributed by atoms with E-state index in [0.29, 0.717) is 18.4 Å². The lowest BCUT2D eigenvalue weighted by molar-refractivity contribution is 0.545. The molecule has 0 saturated heterocycles. The first-order valence-corrected chi connectivity index (χ1v) is 7.72. The first-order valence-electron chi connectivity index (χ1n) is 5.83. The Morgan fingerprint density at radius 2 is 2.16 bits per heavy atom. The number of nitrogens with one attached hydrogen (secondary N) is 1. The second kappa shape index (κ2) is 6.40. The van der Waals surface area contributed by atoms with E-state index >= 15 is 0 Å². The average Bonchev–Trinajstić information content (AvgIpc) is 2.26. The summed E-state index contributed by atoms with van der Waals surface area (Å²) in [6.07, 6.45) is 0.863. The smallest absolute Gasteiger partial charge is 0.241 e. The molecule has 0 fully saturated rings. The predicted molar refractivity (Wildman–Crippen MR) is 76.9 cm³/mol. The van der Waals surface area contributed by atoms with Crippen LogP contribution in [0.1, 0.15) is 25.3 Å². The largest absolute Gasteiger partial charge is 0.393 e.